The summed E-state index contributed by atoms with van der Waals surface area (Å²) in [6.45, 7) is 2.06. The number of carbonyl (C=O) groups is 1. The van der Waals surface area contributed by atoms with Gasteiger partial charge in [-0.25, -0.2) is 4.98 Å². The monoisotopic (exact) mass is 304 g/mol. The largest absolute Gasteiger partial charge is 0.301 e. The standard InChI is InChI=1S/C15H16N2OS2/c1-10-5-7-11(8-6-10)19-9-14(18)17-15-16-12-3-2-4-13(12)20-15/h5-8H,2-4,9H2,1H3,(H,16,17,18). The smallest absolute Gasteiger partial charge is 0.236 e. The summed E-state index contributed by atoms with van der Waals surface area (Å²) >= 11 is 3.17. The second-order valence-corrected chi connectivity index (χ2v) is 7.02. The van der Waals surface area contributed by atoms with E-state index in [1.54, 1.807) is 23.1 Å². The van der Waals surface area contributed by atoms with Crippen molar-refractivity contribution >= 4 is 34.1 Å². The van der Waals surface area contributed by atoms with Gasteiger partial charge in [0, 0.05) is 9.77 Å². The lowest BCUT2D eigenvalue weighted by molar-refractivity contribution is -0.113. The van der Waals surface area contributed by atoms with Crippen LogP contribution in [0.1, 0.15) is 22.6 Å². The minimum Gasteiger partial charge on any atom is -0.301 e. The van der Waals surface area contributed by atoms with E-state index in [0.717, 1.165) is 22.9 Å². The second-order valence-electron chi connectivity index (χ2n) is 4.89. The van der Waals surface area contributed by atoms with Crippen LogP contribution in [0.4, 0.5) is 5.13 Å². The third kappa shape index (κ3) is 3.22. The van der Waals surface area contributed by atoms with E-state index in [0.29, 0.717) is 5.75 Å². The molecule has 20 heavy (non-hydrogen) atoms. The van der Waals surface area contributed by atoms with Crippen molar-refractivity contribution in [1.29, 1.82) is 0 Å². The maximum absolute atomic E-state index is 11.9. The third-order valence-corrected chi connectivity index (χ3v) is 5.32. The number of benzene rings is 1. The molecule has 0 unspecified atom stereocenters. The molecule has 0 atom stereocenters. The van der Waals surface area contributed by atoms with E-state index < -0.39 is 0 Å². The SMILES string of the molecule is Cc1ccc(SCC(=O)Nc2nc3c(s2)CCC3)cc1. The van der Waals surface area contributed by atoms with E-state index in [4.69, 9.17) is 0 Å². The molecule has 1 heterocycles. The van der Waals surface area contributed by atoms with E-state index >= 15 is 0 Å². The Balaban J connectivity index is 1.53. The summed E-state index contributed by atoms with van der Waals surface area (Å²) in [4.78, 5) is 18.8. The molecule has 1 aliphatic rings. The first kappa shape index (κ1) is 13.6. The Hall–Kier alpha value is -1.33. The summed E-state index contributed by atoms with van der Waals surface area (Å²) in [5.41, 5.74) is 2.41. The number of amides is 1. The fourth-order valence-corrected chi connectivity index (χ4v) is 3.95. The van der Waals surface area contributed by atoms with Crippen molar-refractivity contribution in [2.24, 2.45) is 0 Å². The molecule has 2 aromatic rings. The maximum atomic E-state index is 11.9. The molecule has 5 heteroatoms. The lowest BCUT2D eigenvalue weighted by atomic mass is 10.2. The van der Waals surface area contributed by atoms with Gasteiger partial charge in [0.1, 0.15) is 0 Å². The van der Waals surface area contributed by atoms with Crippen molar-refractivity contribution in [3.8, 4) is 0 Å². The van der Waals surface area contributed by atoms with Crippen LogP contribution in [0.5, 0.6) is 0 Å². The van der Waals surface area contributed by atoms with E-state index in [-0.39, 0.29) is 5.91 Å². The molecule has 0 spiro atoms. The van der Waals surface area contributed by atoms with Crippen molar-refractivity contribution in [3.05, 3.63) is 40.4 Å². The van der Waals surface area contributed by atoms with Gasteiger partial charge in [0.15, 0.2) is 5.13 Å². The Morgan fingerprint density at radius 1 is 1.35 bits per heavy atom. The summed E-state index contributed by atoms with van der Waals surface area (Å²) in [5, 5.41) is 3.65. The number of aryl methyl sites for hydroxylation is 3. The van der Waals surface area contributed by atoms with E-state index in [1.165, 1.54) is 22.6 Å². The van der Waals surface area contributed by atoms with E-state index in [1.807, 2.05) is 12.1 Å². The molecule has 1 amide bonds. The fourth-order valence-electron chi connectivity index (χ4n) is 2.18. The van der Waals surface area contributed by atoms with Crippen LogP contribution in [0.3, 0.4) is 0 Å². The topological polar surface area (TPSA) is 42.0 Å². The summed E-state index contributed by atoms with van der Waals surface area (Å²) < 4.78 is 0. The Morgan fingerprint density at radius 3 is 2.90 bits per heavy atom. The molecule has 104 valence electrons. The van der Waals surface area contributed by atoms with Gasteiger partial charge in [0.2, 0.25) is 5.91 Å². The Kier molecular flexibility index (Phi) is 4.08. The van der Waals surface area contributed by atoms with Gasteiger partial charge in [-0.15, -0.1) is 23.1 Å². The lowest BCUT2D eigenvalue weighted by Gasteiger charge is -2.02. The van der Waals surface area contributed by atoms with Crippen LogP contribution in [0, 0.1) is 6.92 Å². The van der Waals surface area contributed by atoms with Crippen LogP contribution in [0.2, 0.25) is 0 Å². The zero-order valence-electron chi connectivity index (χ0n) is 11.3. The number of anilines is 1. The quantitative estimate of drug-likeness (QED) is 0.876. The predicted molar refractivity (Wildman–Crippen MR) is 84.7 cm³/mol. The highest BCUT2D eigenvalue weighted by atomic mass is 32.2. The number of hydrogen-bond acceptors (Lipinski definition) is 4. The molecule has 1 aromatic heterocycles. The van der Waals surface area contributed by atoms with Gasteiger partial charge in [-0.2, -0.15) is 0 Å². The molecule has 1 aliphatic carbocycles. The summed E-state index contributed by atoms with van der Waals surface area (Å²) in [6, 6.07) is 8.22. The van der Waals surface area contributed by atoms with Crippen molar-refractivity contribution < 1.29 is 4.79 Å². The van der Waals surface area contributed by atoms with Crippen LogP contribution in [-0.4, -0.2) is 16.6 Å². The Morgan fingerprint density at radius 2 is 2.15 bits per heavy atom. The number of fused-ring (bicyclic) bond motifs is 1. The maximum Gasteiger partial charge on any atom is 0.236 e. The highest BCUT2D eigenvalue weighted by molar-refractivity contribution is 8.00. The number of thioether (sulfide) groups is 1. The molecule has 0 aliphatic heterocycles. The van der Waals surface area contributed by atoms with E-state index in [2.05, 4.69) is 29.4 Å². The molecule has 3 rings (SSSR count). The number of aromatic nitrogens is 1. The molecule has 1 aromatic carbocycles. The number of hydrogen-bond donors (Lipinski definition) is 1. The van der Waals surface area contributed by atoms with Crippen molar-refractivity contribution in [2.45, 2.75) is 31.1 Å². The second kappa shape index (κ2) is 5.97. The normalized spacial score (nSPS) is 13.2. The average Bonchev–Trinajstić information content (AvgIpc) is 2.99. The molecule has 0 radical (unpaired) electrons. The summed E-state index contributed by atoms with van der Waals surface area (Å²) in [5.74, 6) is 0.441. The van der Waals surface area contributed by atoms with Gasteiger partial charge in [-0.05, 0) is 38.3 Å². The molecule has 1 N–H and O–H groups in total. The number of carbonyl (C=O) groups excluding carboxylic acids is 1. The van der Waals surface area contributed by atoms with Gasteiger partial charge in [0.05, 0.1) is 11.4 Å². The van der Waals surface area contributed by atoms with Crippen LogP contribution >= 0.6 is 23.1 Å². The third-order valence-electron chi connectivity index (χ3n) is 3.23. The first-order chi connectivity index (χ1) is 9.70. The Labute approximate surface area is 126 Å². The number of nitrogens with one attached hydrogen (secondary N) is 1. The van der Waals surface area contributed by atoms with Crippen LogP contribution in [0.15, 0.2) is 29.2 Å². The molecular weight excluding hydrogens is 288 g/mol. The van der Waals surface area contributed by atoms with Gasteiger partial charge >= 0.3 is 0 Å². The van der Waals surface area contributed by atoms with Gasteiger partial charge in [-0.3, -0.25) is 4.79 Å². The van der Waals surface area contributed by atoms with Gasteiger partial charge < -0.3 is 5.32 Å². The van der Waals surface area contributed by atoms with Gasteiger partial charge in [-0.1, -0.05) is 17.7 Å². The van der Waals surface area contributed by atoms with Crippen molar-refractivity contribution in [3.63, 3.8) is 0 Å². The molecule has 0 saturated carbocycles. The van der Waals surface area contributed by atoms with Crippen LogP contribution < -0.4 is 5.32 Å². The molecular formula is C15H16N2OS2. The highest BCUT2D eigenvalue weighted by Crippen LogP contribution is 2.30. The zero-order valence-corrected chi connectivity index (χ0v) is 12.9. The summed E-state index contributed by atoms with van der Waals surface area (Å²) in [7, 11) is 0. The van der Waals surface area contributed by atoms with Gasteiger partial charge in [0.25, 0.3) is 0 Å². The minimum absolute atomic E-state index is 0.0167. The van der Waals surface area contributed by atoms with Crippen molar-refractivity contribution in [2.75, 3.05) is 11.1 Å². The first-order valence-corrected chi connectivity index (χ1v) is 8.49. The first-order valence-electron chi connectivity index (χ1n) is 6.68. The number of thiazole rings is 1. The average molecular weight is 304 g/mol. The predicted octanol–water partition coefficient (Wildman–Crippen LogP) is 3.67. The molecule has 0 saturated heterocycles. The Bertz CT molecular complexity index is 598. The minimum atomic E-state index is 0.0167. The zero-order chi connectivity index (χ0) is 13.9. The highest BCUT2D eigenvalue weighted by Gasteiger charge is 2.17. The van der Waals surface area contributed by atoms with Crippen molar-refractivity contribution in [1.82, 2.24) is 4.98 Å². The molecule has 0 fully saturated rings. The van der Waals surface area contributed by atoms with E-state index in [9.17, 15) is 4.79 Å². The summed E-state index contributed by atoms with van der Waals surface area (Å²) in [6.07, 6.45) is 3.37. The molecule has 3 nitrogen and oxygen atoms in total. The number of nitrogens with zero attached hydrogens (tertiary/aromatic N) is 1. The number of rotatable bonds is 4. The lowest BCUT2D eigenvalue weighted by Crippen LogP contribution is -2.13. The van der Waals surface area contributed by atoms with Crippen LogP contribution in [0.25, 0.3) is 0 Å². The van der Waals surface area contributed by atoms with Crippen LogP contribution in [-0.2, 0) is 17.6 Å². The fraction of sp³-hybridized carbons (Fsp3) is 0.333. The molecule has 0 bridgehead atoms.